The van der Waals surface area contributed by atoms with Crippen molar-refractivity contribution < 1.29 is 60.9 Å². The first-order valence-electron chi connectivity index (χ1n) is 9.17. The van der Waals surface area contributed by atoms with Gasteiger partial charge in [-0.05, 0) is 13.8 Å². The Kier molecular flexibility index (Phi) is 6.01. The molecule has 0 aromatic heterocycles. The van der Waals surface area contributed by atoms with Crippen LogP contribution in [0.5, 0.6) is 23.0 Å². The van der Waals surface area contributed by atoms with E-state index < -0.39 is 52.2 Å². The van der Waals surface area contributed by atoms with Gasteiger partial charge in [0.1, 0.15) is 5.56 Å². The Morgan fingerprint density at radius 2 is 1.43 bits per heavy atom. The molecule has 2 aliphatic heterocycles. The second kappa shape index (κ2) is 8.37. The standard InChI is InChI=1S/C10H7F2NO6.C9H7F2NO4/c1-4-7(9(14)17-2)5(13(15)16)3-6-8(4)19-10(11,12)18-6;1-3-6(8(13)14)4(12)2-5-7(3)16-9(10,11)15-5/h3H,1-2H3;2H,12H2,1H3,(H,13,14). The Morgan fingerprint density at radius 1 is 0.971 bits per heavy atom. The Balaban J connectivity index is 0.000000198. The van der Waals surface area contributed by atoms with Crippen molar-refractivity contribution in [1.82, 2.24) is 0 Å². The van der Waals surface area contributed by atoms with Crippen molar-refractivity contribution in [2.45, 2.75) is 26.4 Å². The first-order valence-corrected chi connectivity index (χ1v) is 9.17. The maximum Gasteiger partial charge on any atom is 0.586 e. The highest BCUT2D eigenvalue weighted by Crippen LogP contribution is 2.48. The topological polar surface area (TPSA) is 170 Å². The number of nitrogens with two attached hydrogens (primary N) is 1. The number of nitrogens with zero attached hydrogens (tertiary/aromatic N) is 1. The molecule has 35 heavy (non-hydrogen) atoms. The van der Waals surface area contributed by atoms with Gasteiger partial charge in [-0.1, -0.05) is 0 Å². The van der Waals surface area contributed by atoms with Gasteiger partial charge in [0.05, 0.1) is 29.4 Å². The molecule has 2 aliphatic rings. The molecule has 4 rings (SSSR count). The normalized spacial score (nSPS) is 15.6. The van der Waals surface area contributed by atoms with E-state index in [2.05, 4.69) is 23.7 Å². The number of esters is 1. The molecule has 12 nitrogen and oxygen atoms in total. The molecule has 2 aromatic carbocycles. The minimum Gasteiger partial charge on any atom is -0.478 e. The van der Waals surface area contributed by atoms with E-state index in [4.69, 9.17) is 10.8 Å². The molecule has 0 atom stereocenters. The van der Waals surface area contributed by atoms with Crippen molar-refractivity contribution in [3.63, 3.8) is 0 Å². The summed E-state index contributed by atoms with van der Waals surface area (Å²) in [5.74, 6) is -3.80. The number of rotatable bonds is 3. The van der Waals surface area contributed by atoms with E-state index in [1.807, 2.05) is 0 Å². The van der Waals surface area contributed by atoms with E-state index in [0.29, 0.717) is 6.07 Å². The van der Waals surface area contributed by atoms with E-state index in [0.717, 1.165) is 13.2 Å². The van der Waals surface area contributed by atoms with Gasteiger partial charge < -0.3 is 34.5 Å². The lowest BCUT2D eigenvalue weighted by Crippen LogP contribution is -2.26. The fourth-order valence-electron chi connectivity index (χ4n) is 3.27. The second-order valence-corrected chi connectivity index (χ2v) is 6.90. The van der Waals surface area contributed by atoms with Crippen LogP contribution in [0.1, 0.15) is 31.8 Å². The fourth-order valence-corrected chi connectivity index (χ4v) is 3.27. The lowest BCUT2D eigenvalue weighted by atomic mass is 10.0. The number of benzene rings is 2. The number of anilines is 1. The largest absolute Gasteiger partial charge is 0.586 e. The molecule has 0 saturated heterocycles. The molecule has 2 heterocycles. The van der Waals surface area contributed by atoms with E-state index in [9.17, 15) is 37.3 Å². The average molecular weight is 506 g/mol. The van der Waals surface area contributed by atoms with Crippen LogP contribution in [-0.2, 0) is 4.74 Å². The van der Waals surface area contributed by atoms with Gasteiger partial charge in [-0.15, -0.1) is 17.6 Å². The smallest absolute Gasteiger partial charge is 0.478 e. The van der Waals surface area contributed by atoms with Crippen LogP contribution in [-0.4, -0.2) is 41.7 Å². The van der Waals surface area contributed by atoms with Gasteiger partial charge in [0.25, 0.3) is 5.69 Å². The molecule has 0 unspecified atom stereocenters. The molecule has 0 radical (unpaired) electrons. The number of halogens is 4. The molecule has 3 N–H and O–H groups in total. The predicted molar refractivity (Wildman–Crippen MR) is 104 cm³/mol. The number of nitro benzene ring substituents is 1. The van der Waals surface area contributed by atoms with Crippen LogP contribution >= 0.6 is 0 Å². The van der Waals surface area contributed by atoms with E-state index in [1.165, 1.54) is 13.8 Å². The lowest BCUT2D eigenvalue weighted by molar-refractivity contribution is -0.385. The summed E-state index contributed by atoms with van der Waals surface area (Å²) in [6.45, 7) is 2.55. The monoisotopic (exact) mass is 506 g/mol. The predicted octanol–water partition coefficient (Wildman–Crippen LogP) is 3.61. The highest BCUT2D eigenvalue weighted by molar-refractivity contribution is 5.97. The SMILES string of the molecule is COC(=O)c1c([N+](=O)[O-])cc2c(c1C)OC(F)(F)O2.Cc1c2c(cc(N)c1C(=O)O)OC(F)(F)O2. The number of hydrogen-bond acceptors (Lipinski definition) is 10. The minimum absolute atomic E-state index is 0.0136. The number of carbonyl (C=O) groups is 2. The molecule has 16 heteroatoms. The quantitative estimate of drug-likeness (QED) is 0.205. The number of aromatic carboxylic acids is 1. The Hall–Kier alpha value is -4.50. The zero-order valence-corrected chi connectivity index (χ0v) is 17.8. The van der Waals surface area contributed by atoms with Crippen molar-refractivity contribution in [3.05, 3.63) is 44.5 Å². The summed E-state index contributed by atoms with van der Waals surface area (Å²) in [7, 11) is 1.02. The molecule has 0 bridgehead atoms. The molecule has 0 amide bonds. The van der Waals surface area contributed by atoms with Crippen LogP contribution in [0.2, 0.25) is 0 Å². The molecular weight excluding hydrogens is 492 g/mol. The lowest BCUT2D eigenvalue weighted by Gasteiger charge is -2.07. The number of alkyl halides is 4. The third-order valence-electron chi connectivity index (χ3n) is 4.68. The van der Waals surface area contributed by atoms with Gasteiger partial charge in [-0.25, -0.2) is 9.59 Å². The maximum atomic E-state index is 12.9. The Labute approximate surface area is 191 Å². The number of nitrogen functional groups attached to an aromatic ring is 1. The molecule has 0 aliphatic carbocycles. The summed E-state index contributed by atoms with van der Waals surface area (Å²) in [5.41, 5.74) is 3.74. The number of fused-ring (bicyclic) bond motifs is 2. The highest BCUT2D eigenvalue weighted by Gasteiger charge is 2.47. The number of methoxy groups -OCH3 is 1. The summed E-state index contributed by atoms with van der Waals surface area (Å²) in [6, 6.07) is 1.71. The van der Waals surface area contributed by atoms with Gasteiger partial charge in [0.2, 0.25) is 0 Å². The van der Waals surface area contributed by atoms with Gasteiger partial charge in [-0.2, -0.15) is 0 Å². The van der Waals surface area contributed by atoms with Crippen LogP contribution in [0.25, 0.3) is 0 Å². The third-order valence-corrected chi connectivity index (χ3v) is 4.68. The van der Waals surface area contributed by atoms with E-state index in [1.54, 1.807) is 0 Å². The van der Waals surface area contributed by atoms with Gasteiger partial charge in [0.15, 0.2) is 23.0 Å². The van der Waals surface area contributed by atoms with Crippen molar-refractivity contribution in [2.75, 3.05) is 12.8 Å². The van der Waals surface area contributed by atoms with Crippen LogP contribution in [0.3, 0.4) is 0 Å². The molecule has 0 saturated carbocycles. The van der Waals surface area contributed by atoms with Crippen LogP contribution in [0.4, 0.5) is 28.9 Å². The Morgan fingerprint density at radius 3 is 1.86 bits per heavy atom. The molecule has 0 spiro atoms. The van der Waals surface area contributed by atoms with E-state index >= 15 is 0 Å². The summed E-state index contributed by atoms with van der Waals surface area (Å²) >= 11 is 0. The van der Waals surface area contributed by atoms with Crippen LogP contribution in [0.15, 0.2) is 12.1 Å². The average Bonchev–Trinajstić information content (AvgIpc) is 3.21. The summed E-state index contributed by atoms with van der Waals surface area (Å²) < 4.78 is 72.4. The van der Waals surface area contributed by atoms with Crippen molar-refractivity contribution in [1.29, 1.82) is 0 Å². The zero-order chi connectivity index (χ0) is 26.5. The molecule has 2 aromatic rings. The number of ether oxygens (including phenoxy) is 5. The number of carboxylic acid groups (broad SMARTS) is 1. The molecular formula is C19H14F4N2O10. The number of carbonyl (C=O) groups excluding carboxylic acids is 1. The second-order valence-electron chi connectivity index (χ2n) is 6.90. The van der Waals surface area contributed by atoms with Crippen molar-refractivity contribution in [2.24, 2.45) is 0 Å². The fraction of sp³-hybridized carbons (Fsp3) is 0.263. The number of nitro groups is 1. The maximum absolute atomic E-state index is 12.9. The third kappa shape index (κ3) is 4.62. The Bertz CT molecular complexity index is 1270. The summed E-state index contributed by atoms with van der Waals surface area (Å²) in [5, 5.41) is 19.7. The summed E-state index contributed by atoms with van der Waals surface area (Å²) in [6.07, 6.45) is -7.70. The van der Waals surface area contributed by atoms with Crippen LogP contribution in [0, 0.1) is 24.0 Å². The molecule has 0 fully saturated rings. The van der Waals surface area contributed by atoms with Crippen molar-refractivity contribution in [3.8, 4) is 23.0 Å². The first-order chi connectivity index (χ1) is 16.1. The van der Waals surface area contributed by atoms with E-state index in [-0.39, 0.29) is 33.9 Å². The molecule has 188 valence electrons. The van der Waals surface area contributed by atoms with Gasteiger partial charge >= 0.3 is 24.5 Å². The number of hydrogen-bond donors (Lipinski definition) is 2. The van der Waals surface area contributed by atoms with Crippen LogP contribution < -0.4 is 24.7 Å². The minimum atomic E-state index is -3.92. The zero-order valence-electron chi connectivity index (χ0n) is 17.8. The van der Waals surface area contributed by atoms with Gasteiger partial charge in [-0.3, -0.25) is 10.1 Å². The first kappa shape index (κ1) is 25.1. The highest BCUT2D eigenvalue weighted by atomic mass is 19.3. The van der Waals surface area contributed by atoms with Crippen molar-refractivity contribution >= 4 is 23.3 Å². The van der Waals surface area contributed by atoms with Gasteiger partial charge in [0, 0.05) is 17.2 Å². The summed E-state index contributed by atoms with van der Waals surface area (Å²) in [4.78, 5) is 32.3. The number of carboxylic acids is 1.